The van der Waals surface area contributed by atoms with Gasteiger partial charge in [-0.3, -0.25) is 0 Å². The van der Waals surface area contributed by atoms with E-state index in [2.05, 4.69) is 231 Å². The first-order valence-electron chi connectivity index (χ1n) is 20.8. The Labute approximate surface area is 346 Å². The Bertz CT molecular complexity index is 3100. The molecule has 0 saturated heterocycles. The number of anilines is 3. The molecule has 3 aliphatic carbocycles. The summed E-state index contributed by atoms with van der Waals surface area (Å²) in [6.45, 7) is 4.74. The molecule has 9 aromatic carbocycles. The number of fused-ring (bicyclic) bond motifs is 15. The highest BCUT2D eigenvalue weighted by atomic mass is 15.1. The molecule has 0 saturated carbocycles. The molecule has 9 aromatic rings. The van der Waals surface area contributed by atoms with E-state index in [4.69, 9.17) is 0 Å². The van der Waals surface area contributed by atoms with Crippen molar-refractivity contribution in [3.8, 4) is 55.6 Å². The Morgan fingerprint density at radius 2 is 0.678 bits per heavy atom. The molecule has 0 aromatic heterocycles. The average Bonchev–Trinajstić information content (AvgIpc) is 3.68. The van der Waals surface area contributed by atoms with Crippen molar-refractivity contribution < 1.29 is 0 Å². The highest BCUT2D eigenvalue weighted by Crippen LogP contribution is 2.62. The second-order valence-electron chi connectivity index (χ2n) is 16.8. The highest BCUT2D eigenvalue weighted by molar-refractivity contribution is 5.99. The molecule has 0 amide bonds. The van der Waals surface area contributed by atoms with Crippen LogP contribution in [0.5, 0.6) is 0 Å². The molecule has 1 spiro atoms. The molecule has 0 atom stereocenters. The predicted molar refractivity (Wildman–Crippen MR) is 246 cm³/mol. The second-order valence-corrected chi connectivity index (χ2v) is 16.8. The standard InChI is InChI=1S/C58H41N/c1-57(2)50-26-12-6-22-44(50)48-35-33-40(37-55(48)57)59(56-31-17-11-20-41(56)38-18-4-3-5-19-38)39-32-34-42-43-21-7-13-27-51(43)58(54-30-16-10-25-47(54)49(42)36-39)52-28-14-8-23-45(52)46-24-9-15-29-53(46)58/h3-37H,1-2H3. The molecule has 0 unspecified atom stereocenters. The zero-order valence-electron chi connectivity index (χ0n) is 33.2. The monoisotopic (exact) mass is 751 g/mol. The summed E-state index contributed by atoms with van der Waals surface area (Å²) < 4.78 is 0. The molecule has 278 valence electrons. The van der Waals surface area contributed by atoms with Crippen molar-refractivity contribution in [3.05, 3.63) is 246 Å². The lowest BCUT2D eigenvalue weighted by molar-refractivity contribution is 0.660. The van der Waals surface area contributed by atoms with Crippen molar-refractivity contribution in [2.45, 2.75) is 24.7 Å². The van der Waals surface area contributed by atoms with E-state index in [9.17, 15) is 0 Å². The molecule has 0 heterocycles. The first kappa shape index (κ1) is 33.9. The molecule has 0 bridgehead atoms. The van der Waals surface area contributed by atoms with Gasteiger partial charge in [-0.25, -0.2) is 0 Å². The quantitative estimate of drug-likeness (QED) is 0.173. The minimum Gasteiger partial charge on any atom is -0.310 e. The molecule has 0 fully saturated rings. The number of benzene rings is 9. The zero-order valence-corrected chi connectivity index (χ0v) is 33.2. The maximum absolute atomic E-state index is 2.50. The summed E-state index contributed by atoms with van der Waals surface area (Å²) in [5.74, 6) is 0. The summed E-state index contributed by atoms with van der Waals surface area (Å²) in [7, 11) is 0. The van der Waals surface area contributed by atoms with Crippen LogP contribution in [0.4, 0.5) is 17.1 Å². The van der Waals surface area contributed by atoms with E-state index in [0.717, 1.165) is 17.1 Å². The van der Waals surface area contributed by atoms with Crippen LogP contribution < -0.4 is 4.90 Å². The minimum atomic E-state index is -0.486. The van der Waals surface area contributed by atoms with Crippen LogP contribution in [0.25, 0.3) is 55.6 Å². The fourth-order valence-electron chi connectivity index (χ4n) is 11.0. The van der Waals surface area contributed by atoms with Gasteiger partial charge >= 0.3 is 0 Å². The van der Waals surface area contributed by atoms with Crippen LogP contribution in [-0.2, 0) is 10.8 Å². The molecule has 59 heavy (non-hydrogen) atoms. The lowest BCUT2D eigenvalue weighted by Crippen LogP contribution is -2.29. The van der Waals surface area contributed by atoms with Gasteiger partial charge < -0.3 is 4.90 Å². The fraction of sp³-hybridized carbons (Fsp3) is 0.0690. The Balaban J connectivity index is 1.14. The van der Waals surface area contributed by atoms with Gasteiger partial charge in [0.05, 0.1) is 11.1 Å². The Hall–Kier alpha value is -7.22. The van der Waals surface area contributed by atoms with E-state index in [1.807, 2.05) is 0 Å². The molecular weight excluding hydrogens is 711 g/mol. The van der Waals surface area contributed by atoms with Gasteiger partial charge in [0, 0.05) is 22.4 Å². The first-order valence-corrected chi connectivity index (χ1v) is 20.8. The van der Waals surface area contributed by atoms with Crippen molar-refractivity contribution in [2.24, 2.45) is 0 Å². The zero-order chi connectivity index (χ0) is 39.3. The van der Waals surface area contributed by atoms with Crippen LogP contribution >= 0.6 is 0 Å². The lowest BCUT2D eigenvalue weighted by Gasteiger charge is -2.35. The normalized spacial score (nSPS) is 14.2. The second kappa shape index (κ2) is 12.6. The van der Waals surface area contributed by atoms with Gasteiger partial charge in [0.15, 0.2) is 0 Å². The van der Waals surface area contributed by atoms with Gasteiger partial charge in [0.1, 0.15) is 0 Å². The van der Waals surface area contributed by atoms with E-state index in [-0.39, 0.29) is 5.41 Å². The van der Waals surface area contributed by atoms with Gasteiger partial charge in [-0.05, 0) is 114 Å². The molecule has 3 aliphatic rings. The SMILES string of the molecule is CC1(C)c2ccccc2-c2ccc(N(c3ccc4c(c3)-c3ccccc3C3(c5ccccc5-4)c4ccccc4-c4ccccc43)c3ccccc3-c3ccccc3)cc21. The van der Waals surface area contributed by atoms with E-state index < -0.39 is 5.41 Å². The summed E-state index contributed by atoms with van der Waals surface area (Å²) in [5.41, 5.74) is 23.5. The molecule has 12 rings (SSSR count). The van der Waals surface area contributed by atoms with E-state index in [1.54, 1.807) is 0 Å². The van der Waals surface area contributed by atoms with Crippen LogP contribution in [0.3, 0.4) is 0 Å². The van der Waals surface area contributed by atoms with Crippen LogP contribution in [0.2, 0.25) is 0 Å². The number of nitrogens with zero attached hydrogens (tertiary/aromatic N) is 1. The highest BCUT2D eigenvalue weighted by Gasteiger charge is 2.49. The summed E-state index contributed by atoms with van der Waals surface area (Å²) in [5, 5.41) is 0. The van der Waals surface area contributed by atoms with E-state index in [1.165, 1.54) is 89.0 Å². The van der Waals surface area contributed by atoms with Gasteiger partial charge in [-0.15, -0.1) is 0 Å². The average molecular weight is 752 g/mol. The maximum atomic E-state index is 2.50. The van der Waals surface area contributed by atoms with Gasteiger partial charge in [0.2, 0.25) is 0 Å². The third-order valence-electron chi connectivity index (χ3n) is 13.5. The summed E-state index contributed by atoms with van der Waals surface area (Å²) in [4.78, 5) is 2.50. The predicted octanol–water partition coefficient (Wildman–Crippen LogP) is 15.1. The van der Waals surface area contributed by atoms with Crippen molar-refractivity contribution >= 4 is 17.1 Å². The Morgan fingerprint density at radius 1 is 0.288 bits per heavy atom. The van der Waals surface area contributed by atoms with Crippen LogP contribution in [0.15, 0.2) is 212 Å². The van der Waals surface area contributed by atoms with E-state index >= 15 is 0 Å². The lowest BCUT2D eigenvalue weighted by atomic mass is 9.66. The first-order chi connectivity index (χ1) is 29.0. The Morgan fingerprint density at radius 3 is 1.25 bits per heavy atom. The summed E-state index contributed by atoms with van der Waals surface area (Å²) >= 11 is 0. The number of rotatable bonds is 4. The topological polar surface area (TPSA) is 3.24 Å². The molecule has 1 heteroatoms. The molecule has 0 aliphatic heterocycles. The van der Waals surface area contributed by atoms with E-state index in [0.29, 0.717) is 0 Å². The molecule has 1 nitrogen and oxygen atoms in total. The van der Waals surface area contributed by atoms with Crippen molar-refractivity contribution in [1.29, 1.82) is 0 Å². The van der Waals surface area contributed by atoms with Gasteiger partial charge in [-0.2, -0.15) is 0 Å². The molecular formula is C58H41N. The van der Waals surface area contributed by atoms with Gasteiger partial charge in [0.25, 0.3) is 0 Å². The van der Waals surface area contributed by atoms with Crippen molar-refractivity contribution in [1.82, 2.24) is 0 Å². The number of hydrogen-bond acceptors (Lipinski definition) is 1. The smallest absolute Gasteiger partial charge is 0.0725 e. The summed E-state index contributed by atoms with van der Waals surface area (Å²) in [6.07, 6.45) is 0. The van der Waals surface area contributed by atoms with Gasteiger partial charge in [-0.1, -0.05) is 196 Å². The molecule has 0 radical (unpaired) electrons. The summed E-state index contributed by atoms with van der Waals surface area (Å²) in [6, 6.07) is 79.4. The van der Waals surface area contributed by atoms with Crippen LogP contribution in [-0.4, -0.2) is 0 Å². The van der Waals surface area contributed by atoms with Crippen LogP contribution in [0.1, 0.15) is 47.2 Å². The minimum absolute atomic E-state index is 0.134. The third-order valence-corrected chi connectivity index (χ3v) is 13.5. The fourth-order valence-corrected chi connectivity index (χ4v) is 11.0. The third kappa shape index (κ3) is 4.67. The number of hydrogen-bond donors (Lipinski definition) is 0. The Kier molecular flexibility index (Phi) is 7.26. The maximum Gasteiger partial charge on any atom is 0.0725 e. The number of para-hydroxylation sites is 1. The molecule has 0 N–H and O–H groups in total. The van der Waals surface area contributed by atoms with Crippen LogP contribution in [0, 0.1) is 0 Å². The largest absolute Gasteiger partial charge is 0.310 e. The van der Waals surface area contributed by atoms with Crippen molar-refractivity contribution in [2.75, 3.05) is 4.90 Å². The van der Waals surface area contributed by atoms with Crippen molar-refractivity contribution in [3.63, 3.8) is 0 Å².